The number of aromatic amines is 1. The summed E-state index contributed by atoms with van der Waals surface area (Å²) in [5, 5.41) is 18.5. The number of primary amides is 1. The molecule has 2 aromatic heterocycles. The number of H-pyrrole nitrogens is 1. The van der Waals surface area contributed by atoms with Crippen LogP contribution in [0.4, 0.5) is 23.1 Å². The van der Waals surface area contributed by atoms with Gasteiger partial charge in [-0.15, -0.1) is 0 Å². The molecule has 156 valence electrons. The topological polar surface area (TPSA) is 171 Å². The third-order valence-electron chi connectivity index (χ3n) is 4.08. The van der Waals surface area contributed by atoms with E-state index < -0.39 is 11.9 Å². The number of hydrogen-bond acceptors (Lipinski definition) is 8. The fourth-order valence-electron chi connectivity index (χ4n) is 2.76. The first-order valence-electron chi connectivity index (χ1n) is 9.10. The summed E-state index contributed by atoms with van der Waals surface area (Å²) < 4.78 is 0. The molecule has 11 heteroatoms. The van der Waals surface area contributed by atoms with Crippen molar-refractivity contribution in [1.82, 2.24) is 19.9 Å². The molecule has 0 unspecified atom stereocenters. The summed E-state index contributed by atoms with van der Waals surface area (Å²) >= 11 is 0. The van der Waals surface area contributed by atoms with Crippen LogP contribution in [0.1, 0.15) is 23.0 Å². The second-order valence-electron chi connectivity index (χ2n) is 6.51. The van der Waals surface area contributed by atoms with E-state index in [9.17, 15) is 14.7 Å². The fraction of sp³-hybridized carbons (Fsp3) is 0.211. The summed E-state index contributed by atoms with van der Waals surface area (Å²) in [4.78, 5) is 38.4. The normalized spacial score (nSPS) is 11.5. The van der Waals surface area contributed by atoms with Crippen molar-refractivity contribution in [3.8, 4) is 0 Å². The Morgan fingerprint density at radius 3 is 2.73 bits per heavy atom. The van der Waals surface area contributed by atoms with Crippen LogP contribution in [-0.2, 0) is 11.2 Å². The summed E-state index contributed by atoms with van der Waals surface area (Å²) in [7, 11) is 0. The molecule has 0 aliphatic heterocycles. The molecule has 7 N–H and O–H groups in total. The molecule has 3 aromatic rings. The molecule has 2 heterocycles. The number of anilines is 4. The molecule has 0 bridgehead atoms. The van der Waals surface area contributed by atoms with E-state index in [0.29, 0.717) is 17.8 Å². The Balaban J connectivity index is 1.82. The summed E-state index contributed by atoms with van der Waals surface area (Å²) in [6.07, 6.45) is 4.93. The van der Waals surface area contributed by atoms with Crippen LogP contribution >= 0.6 is 0 Å². The highest BCUT2D eigenvalue weighted by atomic mass is 16.3. The number of aliphatic hydroxyl groups is 1. The van der Waals surface area contributed by atoms with Crippen LogP contribution in [0.3, 0.4) is 0 Å². The number of benzene rings is 1. The second-order valence-corrected chi connectivity index (χ2v) is 6.51. The number of carbonyl (C=O) groups excluding carboxylic acids is 2. The molecule has 0 saturated carbocycles. The largest absolute Gasteiger partial charge is 0.394 e. The third kappa shape index (κ3) is 5.52. The highest BCUT2D eigenvalue weighted by Crippen LogP contribution is 2.21. The summed E-state index contributed by atoms with van der Waals surface area (Å²) in [6, 6.07) is 6.57. The van der Waals surface area contributed by atoms with Gasteiger partial charge in [0.15, 0.2) is 0 Å². The predicted octanol–water partition coefficient (Wildman–Crippen LogP) is 1.02. The number of nitrogens with zero attached hydrogens (tertiary/aromatic N) is 3. The van der Waals surface area contributed by atoms with Gasteiger partial charge < -0.3 is 31.8 Å². The molecular formula is C19H22N8O3. The number of carbonyl (C=O) groups is 2. The van der Waals surface area contributed by atoms with E-state index in [0.717, 1.165) is 5.69 Å². The summed E-state index contributed by atoms with van der Waals surface area (Å²) in [5.74, 6) is -0.486. The maximum atomic E-state index is 11.8. The van der Waals surface area contributed by atoms with Crippen molar-refractivity contribution in [2.45, 2.75) is 19.4 Å². The maximum absolute atomic E-state index is 11.8. The maximum Gasteiger partial charge on any atom is 0.254 e. The third-order valence-corrected chi connectivity index (χ3v) is 4.08. The van der Waals surface area contributed by atoms with Crippen LogP contribution < -0.4 is 21.7 Å². The SMILES string of the molecule is CC(=O)Nc1cccc(Nc2ncc(C(N)=O)c(N[C@H](CO)Cc3cnc[nH]3)n2)c1. The van der Waals surface area contributed by atoms with Crippen LogP contribution in [-0.4, -0.2) is 49.5 Å². The molecule has 3 rings (SSSR count). The Labute approximate surface area is 172 Å². The standard InChI is InChI=1S/C19H22N8O3/c1-11(29)24-12-3-2-4-13(5-12)26-19-22-8-16(17(20)30)18(27-19)25-15(9-28)6-14-7-21-10-23-14/h2-5,7-8,10,15,28H,6,9H2,1H3,(H2,20,30)(H,21,23)(H,24,29)(H2,22,25,26,27)/t15-/m0/s1. The van der Waals surface area contributed by atoms with Gasteiger partial charge in [0.2, 0.25) is 11.9 Å². The first-order chi connectivity index (χ1) is 14.4. The smallest absolute Gasteiger partial charge is 0.254 e. The molecule has 30 heavy (non-hydrogen) atoms. The lowest BCUT2D eigenvalue weighted by atomic mass is 10.1. The molecule has 1 atom stereocenters. The number of hydrogen-bond donors (Lipinski definition) is 6. The lowest BCUT2D eigenvalue weighted by Crippen LogP contribution is -2.29. The van der Waals surface area contributed by atoms with Crippen molar-refractivity contribution in [2.24, 2.45) is 5.73 Å². The summed E-state index contributed by atoms with van der Waals surface area (Å²) in [5.41, 5.74) is 7.59. The average molecular weight is 410 g/mol. The molecule has 0 aliphatic carbocycles. The quantitative estimate of drug-likeness (QED) is 0.303. The van der Waals surface area contributed by atoms with E-state index in [-0.39, 0.29) is 29.8 Å². The zero-order valence-electron chi connectivity index (χ0n) is 16.2. The van der Waals surface area contributed by atoms with E-state index in [4.69, 9.17) is 5.73 Å². The first-order valence-corrected chi connectivity index (χ1v) is 9.10. The molecule has 0 spiro atoms. The number of nitrogens with one attached hydrogen (secondary N) is 4. The first kappa shape index (κ1) is 20.7. The molecule has 0 aliphatic rings. The minimum atomic E-state index is -0.699. The number of aromatic nitrogens is 4. The lowest BCUT2D eigenvalue weighted by Gasteiger charge is -2.18. The van der Waals surface area contributed by atoms with Crippen LogP contribution in [0.25, 0.3) is 0 Å². The van der Waals surface area contributed by atoms with Gasteiger partial charge in [0.1, 0.15) is 5.82 Å². The van der Waals surface area contributed by atoms with Gasteiger partial charge in [-0.1, -0.05) is 6.07 Å². The molecule has 1 aromatic carbocycles. The highest BCUT2D eigenvalue weighted by Gasteiger charge is 2.17. The molecule has 0 saturated heterocycles. The average Bonchev–Trinajstić information content (AvgIpc) is 3.20. The Morgan fingerprint density at radius 1 is 1.27 bits per heavy atom. The zero-order valence-corrected chi connectivity index (χ0v) is 16.2. The monoisotopic (exact) mass is 410 g/mol. The Hall–Kier alpha value is -3.99. The van der Waals surface area contributed by atoms with E-state index >= 15 is 0 Å². The Kier molecular flexibility index (Phi) is 6.55. The van der Waals surface area contributed by atoms with Crippen molar-refractivity contribution < 1.29 is 14.7 Å². The number of imidazole rings is 1. The van der Waals surface area contributed by atoms with Crippen LogP contribution in [0.2, 0.25) is 0 Å². The van der Waals surface area contributed by atoms with Crippen molar-refractivity contribution in [3.63, 3.8) is 0 Å². The van der Waals surface area contributed by atoms with Gasteiger partial charge in [-0.25, -0.2) is 9.97 Å². The van der Waals surface area contributed by atoms with Crippen molar-refractivity contribution in [3.05, 3.63) is 54.2 Å². The number of nitrogens with two attached hydrogens (primary N) is 1. The van der Waals surface area contributed by atoms with Gasteiger partial charge in [-0.05, 0) is 18.2 Å². The van der Waals surface area contributed by atoms with Crippen LogP contribution in [0, 0.1) is 0 Å². The highest BCUT2D eigenvalue weighted by molar-refractivity contribution is 5.97. The van der Waals surface area contributed by atoms with Crippen molar-refractivity contribution in [1.29, 1.82) is 0 Å². The Morgan fingerprint density at radius 2 is 2.07 bits per heavy atom. The van der Waals surface area contributed by atoms with Crippen molar-refractivity contribution >= 4 is 35.0 Å². The number of aliphatic hydroxyl groups excluding tert-OH is 1. The van der Waals surface area contributed by atoms with Gasteiger partial charge in [-0.2, -0.15) is 4.98 Å². The van der Waals surface area contributed by atoms with Gasteiger partial charge in [0.25, 0.3) is 5.91 Å². The summed E-state index contributed by atoms with van der Waals surface area (Å²) in [6.45, 7) is 1.22. The minimum absolute atomic E-state index is 0.0932. The van der Waals surface area contributed by atoms with Gasteiger partial charge in [0.05, 0.1) is 24.5 Å². The van der Waals surface area contributed by atoms with E-state index in [2.05, 4.69) is 35.9 Å². The number of rotatable bonds is 9. The molecule has 2 amide bonds. The Bertz CT molecular complexity index is 1020. The lowest BCUT2D eigenvalue weighted by molar-refractivity contribution is -0.114. The molecule has 0 fully saturated rings. The predicted molar refractivity (Wildman–Crippen MR) is 111 cm³/mol. The zero-order chi connectivity index (χ0) is 21.5. The molecule has 11 nitrogen and oxygen atoms in total. The molecule has 0 radical (unpaired) electrons. The van der Waals surface area contributed by atoms with E-state index in [1.165, 1.54) is 13.1 Å². The van der Waals surface area contributed by atoms with Crippen LogP contribution in [0.15, 0.2) is 43.0 Å². The molecular weight excluding hydrogens is 388 g/mol. The van der Waals surface area contributed by atoms with Gasteiger partial charge in [-0.3, -0.25) is 9.59 Å². The van der Waals surface area contributed by atoms with E-state index in [1.807, 2.05) is 0 Å². The van der Waals surface area contributed by atoms with Gasteiger partial charge >= 0.3 is 0 Å². The number of amides is 2. The van der Waals surface area contributed by atoms with Gasteiger partial charge in [0, 0.05) is 42.8 Å². The van der Waals surface area contributed by atoms with Crippen molar-refractivity contribution in [2.75, 3.05) is 22.6 Å². The minimum Gasteiger partial charge on any atom is -0.394 e. The second kappa shape index (κ2) is 9.47. The fourth-order valence-corrected chi connectivity index (χ4v) is 2.76. The van der Waals surface area contributed by atoms with E-state index in [1.54, 1.807) is 36.8 Å². The van der Waals surface area contributed by atoms with Crippen LogP contribution in [0.5, 0.6) is 0 Å².